The minimum absolute atomic E-state index is 0.170. The number of hydrogen-bond donors (Lipinski definition) is 2. The Balaban J connectivity index is 1.51. The third kappa shape index (κ3) is 5.44. The van der Waals surface area contributed by atoms with Crippen LogP contribution in [0.3, 0.4) is 0 Å². The van der Waals surface area contributed by atoms with Crippen LogP contribution in [0.15, 0.2) is 70.9 Å². The molecule has 0 fully saturated rings. The zero-order chi connectivity index (χ0) is 25.8. The van der Waals surface area contributed by atoms with Gasteiger partial charge in [-0.05, 0) is 74.0 Å². The zero-order valence-electron chi connectivity index (χ0n) is 19.8. The molecule has 0 bridgehead atoms. The fourth-order valence-corrected chi connectivity index (χ4v) is 4.49. The summed E-state index contributed by atoms with van der Waals surface area (Å²) in [6, 6.07) is 16.3. The molecule has 0 spiro atoms. The normalized spacial score (nSPS) is 12.0. The van der Waals surface area contributed by atoms with E-state index >= 15 is 0 Å². The van der Waals surface area contributed by atoms with Crippen LogP contribution in [0.1, 0.15) is 22.8 Å². The van der Waals surface area contributed by atoms with Crippen molar-refractivity contribution in [2.75, 3.05) is 12.4 Å². The van der Waals surface area contributed by atoms with Crippen molar-refractivity contribution in [3.05, 3.63) is 71.8 Å². The highest BCUT2D eigenvalue weighted by molar-refractivity contribution is 7.21. The van der Waals surface area contributed by atoms with Gasteiger partial charge in [0.15, 0.2) is 5.78 Å². The Morgan fingerprint density at radius 1 is 1.06 bits per heavy atom. The van der Waals surface area contributed by atoms with Gasteiger partial charge in [-0.1, -0.05) is 6.07 Å². The molecule has 0 aliphatic carbocycles. The molecule has 4 rings (SSSR count). The molecule has 4 aromatic rings. The third-order valence-electron chi connectivity index (χ3n) is 5.32. The molecule has 1 unspecified atom stereocenters. The number of rotatable bonds is 8. The van der Waals surface area contributed by atoms with Gasteiger partial charge in [-0.3, -0.25) is 14.4 Å². The monoisotopic (exact) mass is 501 g/mol. The van der Waals surface area contributed by atoms with Gasteiger partial charge in [0.2, 0.25) is 11.9 Å². The minimum atomic E-state index is -1.39. The predicted octanol–water partition coefficient (Wildman–Crippen LogP) is 5.06. The maximum Gasteiger partial charge on any atom is 0.258 e. The topological polar surface area (TPSA) is 136 Å². The summed E-state index contributed by atoms with van der Waals surface area (Å²) in [6.07, 6.45) is 0. The molecular weight excluding hydrogens is 478 g/mol. The maximum atomic E-state index is 12.8. The molecule has 3 N–H and O–H groups in total. The van der Waals surface area contributed by atoms with Crippen LogP contribution >= 0.6 is 11.3 Å². The number of aromatic nitrogens is 1. The van der Waals surface area contributed by atoms with Crippen LogP contribution in [-0.2, 0) is 9.59 Å². The van der Waals surface area contributed by atoms with E-state index < -0.39 is 23.6 Å². The Kier molecular flexibility index (Phi) is 7.16. The number of carbonyl (C=O) groups is 3. The number of methoxy groups -OCH3 is 1. The number of aryl methyl sites for hydroxylation is 1. The molecule has 9 nitrogen and oxygen atoms in total. The number of ether oxygens (including phenoxy) is 1. The van der Waals surface area contributed by atoms with Crippen molar-refractivity contribution in [3.63, 3.8) is 0 Å². The fourth-order valence-electron chi connectivity index (χ4n) is 3.42. The molecule has 0 saturated heterocycles. The SMILES string of the molecule is COc1ccc(C(N)=O)cc1N=NC(C(C)=O)C(=O)Nc1ccc(-c2nc3ccc(C)cc3s2)cc1. The van der Waals surface area contributed by atoms with Crippen molar-refractivity contribution in [1.29, 1.82) is 0 Å². The lowest BCUT2D eigenvalue weighted by Gasteiger charge is -2.10. The molecule has 182 valence electrons. The number of benzene rings is 3. The van der Waals surface area contributed by atoms with Crippen LogP contribution in [0.25, 0.3) is 20.8 Å². The van der Waals surface area contributed by atoms with Gasteiger partial charge in [-0.2, -0.15) is 10.2 Å². The van der Waals surface area contributed by atoms with Gasteiger partial charge in [0.25, 0.3) is 5.91 Å². The molecule has 0 aliphatic rings. The highest BCUT2D eigenvalue weighted by atomic mass is 32.1. The first-order valence-electron chi connectivity index (χ1n) is 10.9. The van der Waals surface area contributed by atoms with Gasteiger partial charge in [-0.15, -0.1) is 11.3 Å². The summed E-state index contributed by atoms with van der Waals surface area (Å²) < 4.78 is 6.31. The molecule has 3 aromatic carbocycles. The zero-order valence-corrected chi connectivity index (χ0v) is 20.6. The molecule has 0 aliphatic heterocycles. The van der Waals surface area contributed by atoms with Crippen molar-refractivity contribution in [2.24, 2.45) is 16.0 Å². The average molecular weight is 502 g/mol. The lowest BCUT2D eigenvalue weighted by molar-refractivity contribution is -0.126. The average Bonchev–Trinajstić information content (AvgIpc) is 3.27. The highest BCUT2D eigenvalue weighted by Crippen LogP contribution is 2.32. The van der Waals surface area contributed by atoms with Crippen LogP contribution in [-0.4, -0.2) is 35.7 Å². The van der Waals surface area contributed by atoms with Gasteiger partial charge >= 0.3 is 0 Å². The van der Waals surface area contributed by atoms with Crippen molar-refractivity contribution in [1.82, 2.24) is 4.98 Å². The number of hydrogen-bond acceptors (Lipinski definition) is 8. The molecule has 10 heteroatoms. The number of primary amides is 1. The maximum absolute atomic E-state index is 12.8. The van der Waals surface area contributed by atoms with E-state index in [4.69, 9.17) is 10.5 Å². The fraction of sp³-hybridized carbons (Fsp3) is 0.154. The summed E-state index contributed by atoms with van der Waals surface area (Å²) in [5, 5.41) is 11.5. The number of amides is 2. The number of carbonyl (C=O) groups excluding carboxylic acids is 3. The number of nitrogens with two attached hydrogens (primary N) is 1. The summed E-state index contributed by atoms with van der Waals surface area (Å²) in [6.45, 7) is 3.29. The van der Waals surface area contributed by atoms with Gasteiger partial charge in [0.1, 0.15) is 16.4 Å². The molecule has 1 aromatic heterocycles. The number of fused-ring (bicyclic) bond motifs is 1. The van der Waals surface area contributed by atoms with Crippen molar-refractivity contribution >= 4 is 50.5 Å². The van der Waals surface area contributed by atoms with Gasteiger partial charge in [0.05, 0.1) is 17.3 Å². The second-order valence-electron chi connectivity index (χ2n) is 8.04. The van der Waals surface area contributed by atoms with Crippen LogP contribution in [0, 0.1) is 6.92 Å². The van der Waals surface area contributed by atoms with E-state index in [0.717, 1.165) is 20.8 Å². The summed E-state index contributed by atoms with van der Waals surface area (Å²) in [4.78, 5) is 41.1. The number of nitrogens with zero attached hydrogens (tertiary/aromatic N) is 3. The minimum Gasteiger partial charge on any atom is -0.494 e. The standard InChI is InChI=1S/C26H23N5O4S/c1-14-4-10-19-22(12-14)36-26(29-19)16-5-8-18(9-6-16)28-25(34)23(15(2)32)31-30-20-13-17(24(27)33)7-11-21(20)35-3/h4-13,23H,1-3H3,(H2,27,33)(H,28,34). The van der Waals surface area contributed by atoms with Crippen LogP contribution in [0.5, 0.6) is 5.75 Å². The molecule has 0 saturated carbocycles. The van der Waals surface area contributed by atoms with E-state index in [9.17, 15) is 14.4 Å². The van der Waals surface area contributed by atoms with Crippen molar-refractivity contribution in [2.45, 2.75) is 19.9 Å². The number of Topliss-reactive ketones (excluding diaryl/α,β-unsaturated/α-hetero) is 1. The first-order valence-corrected chi connectivity index (χ1v) is 11.7. The summed E-state index contributed by atoms with van der Waals surface area (Å²) in [5.74, 6) is -1.48. The van der Waals surface area contributed by atoms with Gasteiger partial charge < -0.3 is 15.8 Å². The predicted molar refractivity (Wildman–Crippen MR) is 139 cm³/mol. The second kappa shape index (κ2) is 10.4. The summed E-state index contributed by atoms with van der Waals surface area (Å²) >= 11 is 1.59. The van der Waals surface area contributed by atoms with E-state index in [0.29, 0.717) is 11.4 Å². The summed E-state index contributed by atoms with van der Waals surface area (Å²) in [7, 11) is 1.42. The molecule has 2 amide bonds. The number of thiazole rings is 1. The molecule has 0 radical (unpaired) electrons. The lowest BCUT2D eigenvalue weighted by atomic mass is 10.1. The number of azo groups is 1. The van der Waals surface area contributed by atoms with E-state index in [1.165, 1.54) is 37.8 Å². The van der Waals surface area contributed by atoms with E-state index in [-0.39, 0.29) is 11.3 Å². The Morgan fingerprint density at radius 2 is 1.81 bits per heavy atom. The largest absolute Gasteiger partial charge is 0.494 e. The van der Waals surface area contributed by atoms with E-state index in [1.807, 2.05) is 31.2 Å². The van der Waals surface area contributed by atoms with Crippen molar-refractivity contribution < 1.29 is 19.1 Å². The highest BCUT2D eigenvalue weighted by Gasteiger charge is 2.23. The number of anilines is 1. The second-order valence-corrected chi connectivity index (χ2v) is 9.07. The Labute approximate surface area is 211 Å². The third-order valence-corrected chi connectivity index (χ3v) is 6.39. The van der Waals surface area contributed by atoms with Crippen molar-refractivity contribution in [3.8, 4) is 16.3 Å². The Bertz CT molecular complexity index is 1490. The Hall–Kier alpha value is -4.44. The lowest BCUT2D eigenvalue weighted by Crippen LogP contribution is -2.31. The molecule has 36 heavy (non-hydrogen) atoms. The smallest absolute Gasteiger partial charge is 0.258 e. The van der Waals surface area contributed by atoms with Gasteiger partial charge in [0, 0.05) is 16.8 Å². The number of ketones is 1. The quantitative estimate of drug-likeness (QED) is 0.257. The summed E-state index contributed by atoms with van der Waals surface area (Å²) in [5.41, 5.74) is 9.19. The molecular formula is C26H23N5O4S. The van der Waals surface area contributed by atoms with Gasteiger partial charge in [-0.25, -0.2) is 4.98 Å². The van der Waals surface area contributed by atoms with E-state index in [2.05, 4.69) is 26.6 Å². The first-order chi connectivity index (χ1) is 17.2. The van der Waals surface area contributed by atoms with Crippen LogP contribution in [0.4, 0.5) is 11.4 Å². The Morgan fingerprint density at radius 3 is 2.47 bits per heavy atom. The van der Waals surface area contributed by atoms with Crippen LogP contribution < -0.4 is 15.8 Å². The van der Waals surface area contributed by atoms with E-state index in [1.54, 1.807) is 23.5 Å². The first kappa shape index (κ1) is 24.7. The molecule has 1 atom stereocenters. The molecule has 1 heterocycles. The van der Waals surface area contributed by atoms with Crippen LogP contribution in [0.2, 0.25) is 0 Å². The number of nitrogens with one attached hydrogen (secondary N) is 1.